The van der Waals surface area contributed by atoms with Gasteiger partial charge in [-0.1, -0.05) is 37.1 Å². The van der Waals surface area contributed by atoms with Crippen LogP contribution in [0.1, 0.15) is 74.3 Å². The van der Waals surface area contributed by atoms with Crippen molar-refractivity contribution >= 4 is 28.5 Å². The van der Waals surface area contributed by atoms with Gasteiger partial charge >= 0.3 is 0 Å². The third-order valence-electron chi connectivity index (χ3n) is 8.16. The number of carbonyl (C=O) groups is 3. The molecule has 1 aromatic heterocycles. The molecular formula is C33H43N3O4. The van der Waals surface area contributed by atoms with E-state index in [1.54, 1.807) is 14.0 Å². The highest BCUT2D eigenvalue weighted by molar-refractivity contribution is 5.93. The number of aryl methyl sites for hydroxylation is 3. The summed E-state index contributed by atoms with van der Waals surface area (Å²) in [6, 6.07) is 13.8. The van der Waals surface area contributed by atoms with Crippen LogP contribution in [0.15, 0.2) is 42.5 Å². The summed E-state index contributed by atoms with van der Waals surface area (Å²) in [5.74, 6) is 1.02. The number of amides is 2. The Morgan fingerprint density at radius 1 is 1.02 bits per heavy atom. The van der Waals surface area contributed by atoms with Crippen LogP contribution in [0.4, 0.5) is 0 Å². The highest BCUT2D eigenvalue weighted by atomic mass is 16.5. The maximum Gasteiger partial charge on any atom is 0.242 e. The number of benzene rings is 2. The van der Waals surface area contributed by atoms with Crippen LogP contribution >= 0.6 is 0 Å². The van der Waals surface area contributed by atoms with E-state index in [0.717, 1.165) is 72.9 Å². The third-order valence-corrected chi connectivity index (χ3v) is 8.16. The number of Topliss-reactive ketones (excluding diaryl/α,β-unsaturated/α-hetero) is 1. The van der Waals surface area contributed by atoms with E-state index in [-0.39, 0.29) is 24.0 Å². The van der Waals surface area contributed by atoms with Crippen LogP contribution in [0.3, 0.4) is 0 Å². The van der Waals surface area contributed by atoms with Crippen LogP contribution in [-0.4, -0.2) is 42.3 Å². The zero-order valence-electron chi connectivity index (χ0n) is 24.1. The molecule has 7 heteroatoms. The molecular weight excluding hydrogens is 502 g/mol. The second-order valence-corrected chi connectivity index (χ2v) is 11.2. The minimum atomic E-state index is -0.604. The molecule has 0 saturated carbocycles. The Morgan fingerprint density at radius 2 is 1.75 bits per heavy atom. The summed E-state index contributed by atoms with van der Waals surface area (Å²) >= 11 is 0. The number of hydrogen-bond acceptors (Lipinski definition) is 4. The second kappa shape index (κ2) is 14.1. The van der Waals surface area contributed by atoms with Gasteiger partial charge in [-0.3, -0.25) is 9.59 Å². The fraction of sp³-hybridized carbons (Fsp3) is 0.485. The average molecular weight is 546 g/mol. The molecule has 1 aliphatic carbocycles. The van der Waals surface area contributed by atoms with E-state index < -0.39 is 6.04 Å². The van der Waals surface area contributed by atoms with Gasteiger partial charge in [0.15, 0.2) is 0 Å². The molecule has 7 nitrogen and oxygen atoms in total. The molecule has 0 spiro atoms. The summed E-state index contributed by atoms with van der Waals surface area (Å²) in [5, 5.41) is 7.13. The van der Waals surface area contributed by atoms with Crippen molar-refractivity contribution in [2.75, 3.05) is 13.7 Å². The fourth-order valence-corrected chi connectivity index (χ4v) is 5.77. The zero-order valence-corrected chi connectivity index (χ0v) is 24.1. The molecule has 0 bridgehead atoms. The Balaban J connectivity index is 1.37. The molecule has 0 aliphatic heterocycles. The zero-order chi connectivity index (χ0) is 28.5. The van der Waals surface area contributed by atoms with E-state index in [9.17, 15) is 14.4 Å². The minimum Gasteiger partial charge on any atom is -0.497 e. The number of aromatic nitrogens is 1. The molecule has 3 aromatic rings. The van der Waals surface area contributed by atoms with Crippen molar-refractivity contribution in [2.24, 2.45) is 5.92 Å². The number of fused-ring (bicyclic) bond motifs is 2. The predicted molar refractivity (Wildman–Crippen MR) is 159 cm³/mol. The van der Waals surface area contributed by atoms with Gasteiger partial charge in [0.2, 0.25) is 11.8 Å². The lowest BCUT2D eigenvalue weighted by Gasteiger charge is -2.21. The topological polar surface area (TPSA) is 100 Å². The van der Waals surface area contributed by atoms with E-state index >= 15 is 0 Å². The largest absolute Gasteiger partial charge is 0.497 e. The smallest absolute Gasteiger partial charge is 0.242 e. The molecule has 1 atom stereocenters. The van der Waals surface area contributed by atoms with Gasteiger partial charge in [0.25, 0.3) is 0 Å². The number of nitrogens with one attached hydrogen (secondary N) is 3. The molecule has 0 radical (unpaired) electrons. The highest BCUT2D eigenvalue weighted by Gasteiger charge is 2.24. The monoisotopic (exact) mass is 545 g/mol. The van der Waals surface area contributed by atoms with Crippen LogP contribution in [-0.2, 0) is 33.6 Å². The van der Waals surface area contributed by atoms with Crippen molar-refractivity contribution < 1.29 is 19.1 Å². The third kappa shape index (κ3) is 7.96. The number of carbonyl (C=O) groups excluding carboxylic acids is 3. The molecule has 3 N–H and O–H groups in total. The van der Waals surface area contributed by atoms with Crippen molar-refractivity contribution in [1.82, 2.24) is 15.6 Å². The number of rotatable bonds is 13. The Hall–Kier alpha value is -3.61. The van der Waals surface area contributed by atoms with E-state index in [2.05, 4.69) is 39.9 Å². The van der Waals surface area contributed by atoms with Crippen LogP contribution in [0, 0.1) is 12.8 Å². The molecule has 1 aliphatic rings. The molecule has 214 valence electrons. The molecule has 1 heterocycles. The summed E-state index contributed by atoms with van der Waals surface area (Å²) in [5.41, 5.74) is 5.61. The highest BCUT2D eigenvalue weighted by Crippen LogP contribution is 2.27. The van der Waals surface area contributed by atoms with E-state index in [4.69, 9.17) is 4.74 Å². The summed E-state index contributed by atoms with van der Waals surface area (Å²) in [7, 11) is 1.63. The Labute approximate surface area is 237 Å². The lowest BCUT2D eigenvalue weighted by atomic mass is 9.99. The Kier molecular flexibility index (Phi) is 10.4. The van der Waals surface area contributed by atoms with E-state index in [1.807, 2.05) is 25.1 Å². The number of hydrogen-bond donors (Lipinski definition) is 3. The van der Waals surface area contributed by atoms with E-state index in [1.165, 1.54) is 11.1 Å². The van der Waals surface area contributed by atoms with Crippen LogP contribution < -0.4 is 15.4 Å². The Morgan fingerprint density at radius 3 is 2.42 bits per heavy atom. The van der Waals surface area contributed by atoms with Gasteiger partial charge in [-0.15, -0.1) is 0 Å². The number of H-pyrrole nitrogens is 1. The van der Waals surface area contributed by atoms with Crippen molar-refractivity contribution in [3.63, 3.8) is 0 Å². The number of ether oxygens (including phenoxy) is 1. The first-order valence-electron chi connectivity index (χ1n) is 14.6. The average Bonchev–Trinajstić information content (AvgIpc) is 3.11. The first-order valence-corrected chi connectivity index (χ1v) is 14.6. The predicted octanol–water partition coefficient (Wildman–Crippen LogP) is 5.36. The number of aromatic amines is 1. The van der Waals surface area contributed by atoms with Crippen LogP contribution in [0.25, 0.3) is 10.9 Å². The van der Waals surface area contributed by atoms with Gasteiger partial charge in [-0.05, 0) is 93.2 Å². The molecule has 2 aromatic carbocycles. The van der Waals surface area contributed by atoms with Gasteiger partial charge in [0.1, 0.15) is 17.6 Å². The van der Waals surface area contributed by atoms with Crippen molar-refractivity contribution in [3.05, 3.63) is 64.8 Å². The van der Waals surface area contributed by atoms with Crippen molar-refractivity contribution in [1.29, 1.82) is 0 Å². The van der Waals surface area contributed by atoms with Crippen molar-refractivity contribution in [3.8, 4) is 5.75 Å². The minimum absolute atomic E-state index is 0.126. The maximum atomic E-state index is 13.4. The summed E-state index contributed by atoms with van der Waals surface area (Å²) in [6.07, 6.45) is 7.84. The number of unbranched alkanes of at least 4 members (excludes halogenated alkanes) is 2. The molecule has 40 heavy (non-hydrogen) atoms. The van der Waals surface area contributed by atoms with Crippen molar-refractivity contribution in [2.45, 2.75) is 84.1 Å². The molecule has 0 fully saturated rings. The molecule has 0 saturated heterocycles. The van der Waals surface area contributed by atoms with Gasteiger partial charge < -0.3 is 25.1 Å². The molecule has 4 rings (SSSR count). The molecule has 0 unspecified atom stereocenters. The summed E-state index contributed by atoms with van der Waals surface area (Å²) in [6.45, 7) is 4.18. The number of methoxy groups -OCH3 is 1. The normalized spacial score (nSPS) is 14.3. The first-order chi connectivity index (χ1) is 19.3. The SMILES string of the molecule is COc1ccc2[nH]c(C)c(CC(=O)N[C@@H](CCCCCC(C)=O)C(=O)NCC3CCc4ccccc4CC3)c2c1. The van der Waals surface area contributed by atoms with Crippen LogP contribution in [0.5, 0.6) is 5.75 Å². The van der Waals surface area contributed by atoms with Crippen LogP contribution in [0.2, 0.25) is 0 Å². The van der Waals surface area contributed by atoms with E-state index in [0.29, 0.717) is 25.3 Å². The van der Waals surface area contributed by atoms with Gasteiger partial charge in [-0.2, -0.15) is 0 Å². The lowest BCUT2D eigenvalue weighted by molar-refractivity contribution is -0.129. The second-order valence-electron chi connectivity index (χ2n) is 11.2. The van der Waals surface area contributed by atoms with Gasteiger partial charge in [0, 0.05) is 29.6 Å². The van der Waals surface area contributed by atoms with Gasteiger partial charge in [-0.25, -0.2) is 0 Å². The number of ketones is 1. The standard InChI is InChI=1S/C33H43N3O4/c1-22(37)9-5-4-6-12-31(33(39)34-21-24-13-15-25-10-7-8-11-26(25)16-14-24)36-32(38)20-28-23(2)35-30-18-17-27(40-3)19-29(28)30/h7-8,10-11,17-19,24,31,35H,4-6,9,12-16,20-21H2,1-3H3,(H,34,39)(H,36,38)/t31-/m0/s1. The quantitative estimate of drug-likeness (QED) is 0.199. The maximum absolute atomic E-state index is 13.4. The lowest BCUT2D eigenvalue weighted by Crippen LogP contribution is -2.48. The first kappa shape index (κ1) is 29.4. The molecule has 2 amide bonds. The van der Waals surface area contributed by atoms with Gasteiger partial charge in [0.05, 0.1) is 13.5 Å². The summed E-state index contributed by atoms with van der Waals surface area (Å²) in [4.78, 5) is 41.3. The summed E-state index contributed by atoms with van der Waals surface area (Å²) < 4.78 is 5.38. The Bertz CT molecular complexity index is 1300. The fourth-order valence-electron chi connectivity index (χ4n) is 5.77.